The minimum absolute atomic E-state index is 0.0758. The van der Waals surface area contributed by atoms with E-state index in [0.717, 1.165) is 19.3 Å². The fourth-order valence-corrected chi connectivity index (χ4v) is 4.93. The summed E-state index contributed by atoms with van der Waals surface area (Å²) in [5.74, 6) is 5.58. The van der Waals surface area contributed by atoms with Gasteiger partial charge in [0, 0.05) is 18.1 Å². The lowest BCUT2D eigenvalue weighted by Crippen LogP contribution is -2.42. The quantitative estimate of drug-likeness (QED) is 0.551. The van der Waals surface area contributed by atoms with Crippen molar-refractivity contribution in [3.8, 4) is 0 Å². The lowest BCUT2D eigenvalue weighted by Gasteiger charge is -2.41. The Morgan fingerprint density at radius 1 is 1.52 bits per heavy atom. The van der Waals surface area contributed by atoms with E-state index in [4.69, 9.17) is 5.84 Å². The Morgan fingerprint density at radius 2 is 2.29 bits per heavy atom. The van der Waals surface area contributed by atoms with Gasteiger partial charge >= 0.3 is 0 Å². The summed E-state index contributed by atoms with van der Waals surface area (Å²) in [7, 11) is -3.66. The molecule has 0 amide bonds. The van der Waals surface area contributed by atoms with Gasteiger partial charge < -0.3 is 5.43 Å². The molecule has 0 spiro atoms. The molecule has 4 N–H and O–H groups in total. The summed E-state index contributed by atoms with van der Waals surface area (Å²) in [5.41, 5.74) is 2.48. The van der Waals surface area contributed by atoms with Crippen LogP contribution in [0.25, 0.3) is 4.96 Å². The average Bonchev–Trinajstić information content (AvgIpc) is 2.96. The maximum atomic E-state index is 12.6. The molecule has 1 aliphatic carbocycles. The Morgan fingerprint density at radius 3 is 2.86 bits per heavy atom. The monoisotopic (exact) mass is 329 g/mol. The van der Waals surface area contributed by atoms with Crippen molar-refractivity contribution >= 4 is 32.1 Å². The Balaban J connectivity index is 1.91. The highest BCUT2D eigenvalue weighted by atomic mass is 32.2. The number of fused-ring (bicyclic) bond motifs is 1. The smallest absolute Gasteiger partial charge is 0.260 e. The molecular formula is C12H19N5O2S2. The predicted molar refractivity (Wildman–Crippen MR) is 82.6 cm³/mol. The maximum absolute atomic E-state index is 12.6. The van der Waals surface area contributed by atoms with E-state index in [2.05, 4.69) is 22.1 Å². The van der Waals surface area contributed by atoms with E-state index in [1.54, 1.807) is 16.0 Å². The first-order valence-electron chi connectivity index (χ1n) is 6.93. The number of anilines is 1. The van der Waals surface area contributed by atoms with Crippen molar-refractivity contribution in [1.29, 1.82) is 0 Å². The first kappa shape index (κ1) is 14.8. The van der Waals surface area contributed by atoms with Gasteiger partial charge in [0.25, 0.3) is 10.0 Å². The molecule has 2 aromatic rings. The number of aromatic nitrogens is 2. The second kappa shape index (κ2) is 5.24. The Labute approximate surface area is 127 Å². The van der Waals surface area contributed by atoms with E-state index in [1.165, 1.54) is 17.8 Å². The Kier molecular flexibility index (Phi) is 3.68. The summed E-state index contributed by atoms with van der Waals surface area (Å²) in [6.45, 7) is 2.57. The van der Waals surface area contributed by atoms with Crippen molar-refractivity contribution in [2.24, 2.45) is 11.3 Å². The highest BCUT2D eigenvalue weighted by Gasteiger charge is 2.37. The fourth-order valence-electron chi connectivity index (χ4n) is 2.76. The first-order chi connectivity index (χ1) is 10.0. The minimum atomic E-state index is -3.66. The van der Waals surface area contributed by atoms with E-state index < -0.39 is 10.0 Å². The summed E-state index contributed by atoms with van der Waals surface area (Å²) in [6.07, 6.45) is 5.99. The van der Waals surface area contributed by atoms with Crippen molar-refractivity contribution in [2.45, 2.75) is 37.6 Å². The molecule has 0 bridgehead atoms. The average molecular weight is 329 g/mol. The van der Waals surface area contributed by atoms with Gasteiger partial charge in [-0.1, -0.05) is 13.3 Å². The SMILES string of the molecule is CCC1(CNS(=O)(=O)c2c(NN)nc3sccn23)CCC1. The number of hydrazine groups is 1. The van der Waals surface area contributed by atoms with Crippen LogP contribution in [0, 0.1) is 5.41 Å². The fraction of sp³-hybridized carbons (Fsp3) is 0.583. The predicted octanol–water partition coefficient (Wildman–Crippen LogP) is 1.54. The number of nitrogens with one attached hydrogen (secondary N) is 2. The molecular weight excluding hydrogens is 310 g/mol. The van der Waals surface area contributed by atoms with Crippen LogP contribution in [0.4, 0.5) is 5.82 Å². The number of imidazole rings is 1. The van der Waals surface area contributed by atoms with E-state index in [9.17, 15) is 8.42 Å². The summed E-state index contributed by atoms with van der Waals surface area (Å²) in [6, 6.07) is 0. The molecule has 1 aliphatic rings. The van der Waals surface area contributed by atoms with E-state index in [0.29, 0.717) is 11.5 Å². The number of nitrogens with two attached hydrogens (primary N) is 1. The van der Waals surface area contributed by atoms with Gasteiger partial charge in [-0.15, -0.1) is 11.3 Å². The lowest BCUT2D eigenvalue weighted by atomic mass is 9.67. The molecule has 9 heteroatoms. The topological polar surface area (TPSA) is 102 Å². The number of nitrogen functional groups attached to an aromatic ring is 1. The third kappa shape index (κ3) is 2.44. The molecule has 0 saturated heterocycles. The Hall–Kier alpha value is -1.16. The second-order valence-electron chi connectivity index (χ2n) is 5.50. The van der Waals surface area contributed by atoms with Crippen molar-refractivity contribution < 1.29 is 8.42 Å². The molecule has 21 heavy (non-hydrogen) atoms. The molecule has 2 heterocycles. The van der Waals surface area contributed by atoms with Crippen molar-refractivity contribution in [2.75, 3.05) is 12.0 Å². The summed E-state index contributed by atoms with van der Waals surface area (Å²) in [5, 5.41) is 1.87. The summed E-state index contributed by atoms with van der Waals surface area (Å²) >= 11 is 1.36. The normalized spacial score (nSPS) is 17.8. The molecule has 0 atom stereocenters. The standard InChI is InChI=1S/C12H19N5O2S2/c1-2-12(4-3-5-12)8-14-21(18,19)10-9(16-13)15-11-17(10)6-7-20-11/h6-7,14,16H,2-5,8,13H2,1H3. The van der Waals surface area contributed by atoms with Crippen LogP contribution in [0.15, 0.2) is 16.6 Å². The van der Waals surface area contributed by atoms with Crippen LogP contribution < -0.4 is 16.0 Å². The number of thiazole rings is 1. The van der Waals surface area contributed by atoms with Crippen LogP contribution in [0.5, 0.6) is 0 Å². The van der Waals surface area contributed by atoms with Crippen molar-refractivity contribution in [3.05, 3.63) is 11.6 Å². The van der Waals surface area contributed by atoms with Crippen LogP contribution in [0.3, 0.4) is 0 Å². The van der Waals surface area contributed by atoms with Crippen LogP contribution >= 0.6 is 11.3 Å². The van der Waals surface area contributed by atoms with Gasteiger partial charge in [-0.05, 0) is 24.7 Å². The molecule has 7 nitrogen and oxygen atoms in total. The van der Waals surface area contributed by atoms with E-state index in [1.807, 2.05) is 0 Å². The number of rotatable bonds is 6. The van der Waals surface area contributed by atoms with Gasteiger partial charge in [0.2, 0.25) is 5.03 Å². The van der Waals surface area contributed by atoms with Gasteiger partial charge in [-0.3, -0.25) is 4.40 Å². The minimum Gasteiger partial charge on any atom is -0.306 e. The summed E-state index contributed by atoms with van der Waals surface area (Å²) < 4.78 is 29.5. The van der Waals surface area contributed by atoms with Crippen molar-refractivity contribution in [3.63, 3.8) is 0 Å². The molecule has 1 saturated carbocycles. The first-order valence-corrected chi connectivity index (χ1v) is 9.29. The molecule has 116 valence electrons. The largest absolute Gasteiger partial charge is 0.306 e. The van der Waals surface area contributed by atoms with Crippen LogP contribution in [-0.4, -0.2) is 24.3 Å². The third-order valence-electron chi connectivity index (χ3n) is 4.41. The molecule has 2 aromatic heterocycles. The zero-order chi connectivity index (χ0) is 15.1. The van der Waals surface area contributed by atoms with E-state index >= 15 is 0 Å². The molecule has 0 aromatic carbocycles. The van der Waals surface area contributed by atoms with Gasteiger partial charge in [0.05, 0.1) is 0 Å². The highest BCUT2D eigenvalue weighted by Crippen LogP contribution is 2.43. The number of hydrogen-bond donors (Lipinski definition) is 3. The van der Waals surface area contributed by atoms with Crippen LogP contribution in [-0.2, 0) is 10.0 Å². The summed E-state index contributed by atoms with van der Waals surface area (Å²) in [4.78, 5) is 4.78. The molecule has 3 rings (SSSR count). The van der Waals surface area contributed by atoms with E-state index in [-0.39, 0.29) is 16.3 Å². The third-order valence-corrected chi connectivity index (χ3v) is 6.59. The Bertz CT molecular complexity index is 739. The van der Waals surface area contributed by atoms with Gasteiger partial charge in [0.15, 0.2) is 10.8 Å². The molecule has 0 unspecified atom stereocenters. The molecule has 0 radical (unpaired) electrons. The zero-order valence-corrected chi connectivity index (χ0v) is 13.4. The lowest BCUT2D eigenvalue weighted by molar-refractivity contribution is 0.133. The zero-order valence-electron chi connectivity index (χ0n) is 11.8. The molecule has 1 fully saturated rings. The van der Waals surface area contributed by atoms with Gasteiger partial charge in [0.1, 0.15) is 0 Å². The maximum Gasteiger partial charge on any atom is 0.260 e. The van der Waals surface area contributed by atoms with Gasteiger partial charge in [-0.2, -0.15) is 4.98 Å². The van der Waals surface area contributed by atoms with Gasteiger partial charge in [-0.25, -0.2) is 19.0 Å². The molecule has 0 aliphatic heterocycles. The highest BCUT2D eigenvalue weighted by molar-refractivity contribution is 7.89. The number of hydrogen-bond acceptors (Lipinski definition) is 6. The number of nitrogens with zero attached hydrogens (tertiary/aromatic N) is 2. The van der Waals surface area contributed by atoms with Crippen molar-refractivity contribution in [1.82, 2.24) is 14.1 Å². The van der Waals surface area contributed by atoms with Crippen LogP contribution in [0.2, 0.25) is 0 Å². The van der Waals surface area contributed by atoms with Crippen LogP contribution in [0.1, 0.15) is 32.6 Å². The second-order valence-corrected chi connectivity index (χ2v) is 8.05. The number of sulfonamides is 1.